The van der Waals surface area contributed by atoms with E-state index in [9.17, 15) is 8.78 Å². The lowest BCUT2D eigenvalue weighted by molar-refractivity contribution is 0.614. The molecule has 1 aromatic heterocycles. The van der Waals surface area contributed by atoms with Crippen LogP contribution >= 0.6 is 11.3 Å². The zero-order chi connectivity index (χ0) is 15.0. The highest BCUT2D eigenvalue weighted by molar-refractivity contribution is 7.22. The smallest absolute Gasteiger partial charge is 0.184 e. The molecular weight excluding hydrogens is 290 g/mol. The summed E-state index contributed by atoms with van der Waals surface area (Å²) >= 11 is 1.39. The summed E-state index contributed by atoms with van der Waals surface area (Å²) < 4.78 is 27.6. The molecule has 3 rings (SSSR count). The van der Waals surface area contributed by atoms with E-state index in [2.05, 4.69) is 10.3 Å². The van der Waals surface area contributed by atoms with Gasteiger partial charge in [0.1, 0.15) is 11.6 Å². The molecule has 0 saturated heterocycles. The number of benzene rings is 2. The Bertz CT molecular complexity index is 798. The molecule has 1 N–H and O–H groups in total. The maximum Gasteiger partial charge on any atom is 0.184 e. The molecule has 0 aliphatic carbocycles. The zero-order valence-electron chi connectivity index (χ0n) is 11.7. The second-order valence-corrected chi connectivity index (χ2v) is 6.04. The van der Waals surface area contributed by atoms with E-state index < -0.39 is 0 Å². The van der Waals surface area contributed by atoms with Gasteiger partial charge >= 0.3 is 0 Å². The van der Waals surface area contributed by atoms with E-state index >= 15 is 0 Å². The predicted octanol–water partition coefficient (Wildman–Crippen LogP) is 5.06. The topological polar surface area (TPSA) is 24.9 Å². The van der Waals surface area contributed by atoms with Gasteiger partial charge in [0.2, 0.25) is 0 Å². The fraction of sp³-hybridized carbons (Fsp3) is 0.188. The minimum atomic E-state index is -0.272. The molecular formula is C16H14F2N2S. The molecule has 2 nitrogen and oxygen atoms in total. The number of nitrogens with one attached hydrogen (secondary N) is 1. The fourth-order valence-electron chi connectivity index (χ4n) is 2.11. The van der Waals surface area contributed by atoms with Crippen molar-refractivity contribution in [1.82, 2.24) is 4.98 Å². The third kappa shape index (κ3) is 2.88. The molecule has 1 unspecified atom stereocenters. The van der Waals surface area contributed by atoms with Crippen molar-refractivity contribution in [1.29, 1.82) is 0 Å². The van der Waals surface area contributed by atoms with E-state index in [4.69, 9.17) is 0 Å². The first-order valence-electron chi connectivity index (χ1n) is 6.61. The van der Waals surface area contributed by atoms with Crippen LogP contribution in [0.15, 0.2) is 36.4 Å². The normalized spacial score (nSPS) is 12.6. The number of anilines is 1. The molecule has 0 spiro atoms. The Morgan fingerprint density at radius 1 is 1.14 bits per heavy atom. The van der Waals surface area contributed by atoms with Crippen LogP contribution in [0.3, 0.4) is 0 Å². The van der Waals surface area contributed by atoms with Crippen LogP contribution in [-0.2, 0) is 0 Å². The van der Waals surface area contributed by atoms with Crippen LogP contribution < -0.4 is 5.32 Å². The van der Waals surface area contributed by atoms with Crippen molar-refractivity contribution in [2.24, 2.45) is 0 Å². The summed E-state index contributed by atoms with van der Waals surface area (Å²) in [5, 5.41) is 3.93. The lowest BCUT2D eigenvalue weighted by Gasteiger charge is -2.13. The Kier molecular flexibility index (Phi) is 3.59. The third-order valence-electron chi connectivity index (χ3n) is 3.39. The number of hydrogen-bond donors (Lipinski definition) is 1. The van der Waals surface area contributed by atoms with Crippen LogP contribution in [0.25, 0.3) is 10.2 Å². The van der Waals surface area contributed by atoms with Crippen molar-refractivity contribution in [3.63, 3.8) is 0 Å². The standard InChI is InChI=1S/C16H14F2N2S/c1-9-3-4-11(7-13(9)18)10(2)19-16-20-14-6-5-12(17)8-15(14)21-16/h3-8,10H,1-2H3,(H,19,20). The van der Waals surface area contributed by atoms with Gasteiger partial charge in [0.15, 0.2) is 5.13 Å². The average Bonchev–Trinajstić information content (AvgIpc) is 2.83. The number of rotatable bonds is 3. The molecule has 0 radical (unpaired) electrons. The van der Waals surface area contributed by atoms with Crippen LogP contribution in [0.4, 0.5) is 13.9 Å². The largest absolute Gasteiger partial charge is 0.355 e. The lowest BCUT2D eigenvalue weighted by atomic mass is 10.1. The number of hydrogen-bond acceptors (Lipinski definition) is 3. The first-order valence-corrected chi connectivity index (χ1v) is 7.43. The van der Waals surface area contributed by atoms with E-state index in [0.717, 1.165) is 15.8 Å². The fourth-order valence-corrected chi connectivity index (χ4v) is 3.08. The summed E-state index contributed by atoms with van der Waals surface area (Å²) in [5.41, 5.74) is 2.23. The second kappa shape index (κ2) is 5.41. The molecule has 5 heteroatoms. The van der Waals surface area contributed by atoms with Crippen LogP contribution in [0.5, 0.6) is 0 Å². The van der Waals surface area contributed by atoms with Gasteiger partial charge in [0, 0.05) is 0 Å². The number of aromatic nitrogens is 1. The molecule has 2 aromatic carbocycles. The van der Waals surface area contributed by atoms with E-state index in [1.54, 1.807) is 19.1 Å². The molecule has 0 aliphatic heterocycles. The third-order valence-corrected chi connectivity index (χ3v) is 4.34. The van der Waals surface area contributed by atoms with Crippen molar-refractivity contribution >= 4 is 26.7 Å². The highest BCUT2D eigenvalue weighted by atomic mass is 32.1. The van der Waals surface area contributed by atoms with E-state index in [1.807, 2.05) is 13.0 Å². The van der Waals surface area contributed by atoms with Crippen LogP contribution in [0.2, 0.25) is 0 Å². The van der Waals surface area contributed by atoms with Crippen molar-refractivity contribution in [3.8, 4) is 0 Å². The van der Waals surface area contributed by atoms with Crippen LogP contribution in [0, 0.1) is 18.6 Å². The van der Waals surface area contributed by atoms with Gasteiger partial charge < -0.3 is 5.32 Å². The van der Waals surface area contributed by atoms with E-state index in [0.29, 0.717) is 10.7 Å². The molecule has 0 fully saturated rings. The Morgan fingerprint density at radius 3 is 2.71 bits per heavy atom. The highest BCUT2D eigenvalue weighted by Crippen LogP contribution is 2.29. The maximum atomic E-state index is 13.6. The Morgan fingerprint density at radius 2 is 1.95 bits per heavy atom. The maximum absolute atomic E-state index is 13.6. The van der Waals surface area contributed by atoms with Gasteiger partial charge in [-0.2, -0.15) is 0 Å². The van der Waals surface area contributed by atoms with Gasteiger partial charge in [-0.05, 0) is 49.2 Å². The van der Waals surface area contributed by atoms with Crippen molar-refractivity contribution in [3.05, 3.63) is 59.2 Å². The number of fused-ring (bicyclic) bond motifs is 1. The predicted molar refractivity (Wildman–Crippen MR) is 82.8 cm³/mol. The number of thiazole rings is 1. The summed E-state index contributed by atoms with van der Waals surface area (Å²) in [6.07, 6.45) is 0. The van der Waals surface area contributed by atoms with Crippen molar-refractivity contribution in [2.45, 2.75) is 19.9 Å². The molecule has 0 amide bonds. The van der Waals surface area contributed by atoms with Gasteiger partial charge in [-0.3, -0.25) is 0 Å². The molecule has 108 valence electrons. The van der Waals surface area contributed by atoms with Gasteiger partial charge in [-0.25, -0.2) is 13.8 Å². The van der Waals surface area contributed by atoms with Gasteiger partial charge in [-0.15, -0.1) is 0 Å². The first kappa shape index (κ1) is 13.9. The number of aryl methyl sites for hydroxylation is 1. The molecule has 0 bridgehead atoms. The number of halogens is 2. The van der Waals surface area contributed by atoms with Gasteiger partial charge in [-0.1, -0.05) is 23.5 Å². The Hall–Kier alpha value is -2.01. The minimum Gasteiger partial charge on any atom is -0.355 e. The second-order valence-electron chi connectivity index (χ2n) is 5.01. The molecule has 0 aliphatic rings. The summed E-state index contributed by atoms with van der Waals surface area (Å²) in [5.74, 6) is -0.487. The monoisotopic (exact) mass is 304 g/mol. The lowest BCUT2D eigenvalue weighted by Crippen LogP contribution is -2.06. The van der Waals surface area contributed by atoms with E-state index in [-0.39, 0.29) is 17.7 Å². The number of nitrogens with zero attached hydrogens (tertiary/aromatic N) is 1. The van der Waals surface area contributed by atoms with Crippen molar-refractivity contribution in [2.75, 3.05) is 5.32 Å². The van der Waals surface area contributed by atoms with Crippen molar-refractivity contribution < 1.29 is 8.78 Å². The molecule has 1 atom stereocenters. The Labute approximate surface area is 125 Å². The summed E-state index contributed by atoms with van der Waals surface area (Å²) in [6.45, 7) is 3.68. The summed E-state index contributed by atoms with van der Waals surface area (Å²) in [4.78, 5) is 4.41. The molecule has 1 heterocycles. The highest BCUT2D eigenvalue weighted by Gasteiger charge is 2.11. The minimum absolute atomic E-state index is 0.0782. The zero-order valence-corrected chi connectivity index (χ0v) is 12.5. The van der Waals surface area contributed by atoms with Crippen LogP contribution in [-0.4, -0.2) is 4.98 Å². The average molecular weight is 304 g/mol. The molecule has 21 heavy (non-hydrogen) atoms. The molecule has 0 saturated carbocycles. The molecule has 3 aromatic rings. The van der Waals surface area contributed by atoms with E-state index in [1.165, 1.54) is 29.5 Å². The van der Waals surface area contributed by atoms with Gasteiger partial charge in [0.05, 0.1) is 16.3 Å². The first-order chi connectivity index (χ1) is 10.0. The quantitative estimate of drug-likeness (QED) is 0.732. The van der Waals surface area contributed by atoms with Gasteiger partial charge in [0.25, 0.3) is 0 Å². The van der Waals surface area contributed by atoms with Crippen LogP contribution in [0.1, 0.15) is 24.1 Å². The Balaban J connectivity index is 1.85. The SMILES string of the molecule is Cc1ccc(C(C)Nc2nc3ccc(F)cc3s2)cc1F. The summed E-state index contributed by atoms with van der Waals surface area (Å²) in [6, 6.07) is 9.62. The summed E-state index contributed by atoms with van der Waals surface area (Å²) in [7, 11) is 0.